The Labute approximate surface area is 149 Å². The molecule has 0 aromatic rings. The van der Waals surface area contributed by atoms with Crippen LogP contribution in [0.1, 0.15) is 46.0 Å². The van der Waals surface area contributed by atoms with Crippen molar-refractivity contribution in [2.45, 2.75) is 56.1 Å². The third kappa shape index (κ3) is 5.13. The summed E-state index contributed by atoms with van der Waals surface area (Å²) in [6.07, 6.45) is -2.51. The van der Waals surface area contributed by atoms with Crippen LogP contribution in [0.2, 0.25) is 0 Å². The summed E-state index contributed by atoms with van der Waals surface area (Å²) in [4.78, 5) is 66.1. The van der Waals surface area contributed by atoms with Gasteiger partial charge >= 0.3 is 30.4 Å². The van der Waals surface area contributed by atoms with Crippen LogP contribution in [0, 0.1) is 0 Å². The molecular weight excluding hydrogens is 440 g/mol. The lowest BCUT2D eigenvalue weighted by Gasteiger charge is -2.39. The van der Waals surface area contributed by atoms with Gasteiger partial charge < -0.3 is 39.4 Å². The van der Waals surface area contributed by atoms with Crippen LogP contribution in [0.4, 0.5) is 0 Å². The minimum Gasteiger partial charge on any atom is -0.368 e. The summed E-state index contributed by atoms with van der Waals surface area (Å²) in [5.74, 6) is 0. The van der Waals surface area contributed by atoms with Crippen LogP contribution in [0.3, 0.4) is 0 Å². The summed E-state index contributed by atoms with van der Waals surface area (Å²) >= 11 is 0. The van der Waals surface area contributed by atoms with Crippen LogP contribution in [0.25, 0.3) is 0 Å². The molecule has 0 saturated heterocycles. The third-order valence-electron chi connectivity index (χ3n) is 3.54. The largest absolute Gasteiger partial charge is 0.373 e. The quantitative estimate of drug-likeness (QED) is 0.199. The first-order valence-electron chi connectivity index (χ1n) is 7.26. The molecular formula is C9H24O13P4. The van der Waals surface area contributed by atoms with Gasteiger partial charge in [0.2, 0.25) is 0 Å². The zero-order chi connectivity index (χ0) is 21.2. The average molecular weight is 464 g/mol. The Morgan fingerprint density at radius 1 is 0.731 bits per heavy atom. The normalized spacial score (nSPS) is 19.0. The Kier molecular flexibility index (Phi) is 8.69. The van der Waals surface area contributed by atoms with E-state index in [4.69, 9.17) is 0 Å². The van der Waals surface area contributed by atoms with E-state index in [1.165, 1.54) is 13.8 Å². The smallest absolute Gasteiger partial charge is 0.368 e. The number of hydrogen-bond donors (Lipinski definition) is 8. The van der Waals surface area contributed by atoms with Crippen LogP contribution in [-0.2, 0) is 22.8 Å². The maximum atomic E-state index is 12.5. The Morgan fingerprint density at radius 3 is 1.42 bits per heavy atom. The fourth-order valence-electron chi connectivity index (χ4n) is 2.08. The van der Waals surface area contributed by atoms with Crippen LogP contribution in [0.5, 0.6) is 0 Å². The molecule has 0 rings (SSSR count). The third-order valence-corrected chi connectivity index (χ3v) is 12.2. The van der Waals surface area contributed by atoms with Gasteiger partial charge in [-0.2, -0.15) is 0 Å². The van der Waals surface area contributed by atoms with Gasteiger partial charge in [-0.25, -0.2) is 0 Å². The van der Waals surface area contributed by atoms with Gasteiger partial charge in [-0.3, -0.25) is 22.8 Å². The Morgan fingerprint density at radius 2 is 1.15 bits per heavy atom. The molecule has 0 heterocycles. The van der Waals surface area contributed by atoms with Gasteiger partial charge in [-0.1, -0.05) is 26.7 Å². The zero-order valence-electron chi connectivity index (χ0n) is 13.9. The van der Waals surface area contributed by atoms with Gasteiger partial charge in [0.15, 0.2) is 0 Å². The lowest BCUT2D eigenvalue weighted by atomic mass is 10.3. The molecule has 158 valence electrons. The molecule has 26 heavy (non-hydrogen) atoms. The zero-order valence-corrected chi connectivity index (χ0v) is 17.5. The highest BCUT2D eigenvalue weighted by Crippen LogP contribution is 2.80. The Hall–Kier alpha value is 0.560. The summed E-state index contributed by atoms with van der Waals surface area (Å²) in [7, 11) is -23.9. The van der Waals surface area contributed by atoms with Gasteiger partial charge in [-0.15, -0.1) is 0 Å². The lowest BCUT2D eigenvalue weighted by molar-refractivity contribution is 0.0735. The van der Waals surface area contributed by atoms with Crippen molar-refractivity contribution < 1.29 is 62.1 Å². The van der Waals surface area contributed by atoms with E-state index < -0.39 is 53.4 Å². The molecule has 8 N–H and O–H groups in total. The van der Waals surface area contributed by atoms with E-state index >= 15 is 0 Å². The fourth-order valence-corrected chi connectivity index (χ4v) is 8.94. The summed E-state index contributed by atoms with van der Waals surface area (Å²) in [5.41, 5.74) is 0. The standard InChI is InChI=1S/C9H24O13P4/c1-3-5-7-8(10,23(11,12)13)26(20,21)22-9(6-4-2,24(14,15)16)25(17,18)19/h10H,3-7H2,1-2H3,(H,20,21)(H2,11,12,13)(H2,14,15,16)(H2,17,18,19). The van der Waals surface area contributed by atoms with Crippen molar-refractivity contribution in [1.29, 1.82) is 0 Å². The fraction of sp³-hybridized carbons (Fsp3) is 1.00. The van der Waals surface area contributed by atoms with Gasteiger partial charge in [0.1, 0.15) is 0 Å². The Balaban J connectivity index is 6.57. The van der Waals surface area contributed by atoms with E-state index in [-0.39, 0.29) is 19.3 Å². The highest BCUT2D eigenvalue weighted by molar-refractivity contribution is 7.75. The molecule has 0 spiro atoms. The van der Waals surface area contributed by atoms with Crippen molar-refractivity contribution in [1.82, 2.24) is 0 Å². The minimum atomic E-state index is -6.10. The first kappa shape index (κ1) is 26.6. The molecule has 0 aliphatic rings. The second kappa shape index (κ2) is 8.51. The topological polar surface area (TPSA) is 239 Å². The summed E-state index contributed by atoms with van der Waals surface area (Å²) in [6, 6.07) is 0. The van der Waals surface area contributed by atoms with E-state index in [0.29, 0.717) is 0 Å². The molecule has 0 radical (unpaired) electrons. The molecule has 0 aliphatic carbocycles. The second-order valence-corrected chi connectivity index (χ2v) is 13.7. The Bertz CT molecular complexity index is 651. The van der Waals surface area contributed by atoms with Gasteiger partial charge in [0.05, 0.1) is 0 Å². The molecule has 0 fully saturated rings. The SMILES string of the molecule is CCCCC(O)(P(=O)(O)O)P(=O)(O)OC(CCC)(P(=O)(O)O)P(=O)(O)O. The van der Waals surface area contributed by atoms with Crippen molar-refractivity contribution in [3.63, 3.8) is 0 Å². The van der Waals surface area contributed by atoms with Crippen LogP contribution >= 0.6 is 30.4 Å². The molecule has 0 aliphatic heterocycles. The van der Waals surface area contributed by atoms with Crippen LogP contribution in [-0.4, -0.2) is 49.5 Å². The van der Waals surface area contributed by atoms with Crippen LogP contribution < -0.4 is 0 Å². The van der Waals surface area contributed by atoms with Crippen molar-refractivity contribution in [2.75, 3.05) is 0 Å². The van der Waals surface area contributed by atoms with Gasteiger partial charge in [0.25, 0.3) is 10.2 Å². The molecule has 0 saturated carbocycles. The van der Waals surface area contributed by atoms with E-state index in [0.717, 1.165) is 0 Å². The van der Waals surface area contributed by atoms with E-state index in [1.807, 2.05) is 0 Å². The molecule has 0 aromatic carbocycles. The predicted octanol–water partition coefficient (Wildman–Crippen LogP) is 1.01. The summed E-state index contributed by atoms with van der Waals surface area (Å²) < 4.78 is 51.8. The van der Waals surface area contributed by atoms with Crippen LogP contribution in [0.15, 0.2) is 0 Å². The molecule has 0 aromatic heterocycles. The van der Waals surface area contributed by atoms with Crippen molar-refractivity contribution in [3.05, 3.63) is 0 Å². The van der Waals surface area contributed by atoms with E-state index in [1.54, 1.807) is 0 Å². The van der Waals surface area contributed by atoms with Gasteiger partial charge in [0, 0.05) is 6.42 Å². The number of unbranched alkanes of at least 4 members (excludes halogenated alkanes) is 1. The highest BCUT2D eigenvalue weighted by atomic mass is 31.3. The highest BCUT2D eigenvalue weighted by Gasteiger charge is 2.69. The molecule has 0 amide bonds. The molecule has 2 unspecified atom stereocenters. The van der Waals surface area contributed by atoms with Gasteiger partial charge in [-0.05, 0) is 12.8 Å². The monoisotopic (exact) mass is 464 g/mol. The first-order valence-corrected chi connectivity index (χ1v) is 13.7. The number of hydrogen-bond acceptors (Lipinski definition) is 6. The molecule has 2 atom stereocenters. The maximum absolute atomic E-state index is 12.5. The maximum Gasteiger partial charge on any atom is 0.373 e. The molecule has 0 bridgehead atoms. The number of rotatable bonds is 11. The first-order chi connectivity index (χ1) is 11.3. The molecule has 13 nitrogen and oxygen atoms in total. The minimum absolute atomic E-state index is 0.194. The van der Waals surface area contributed by atoms with Crippen molar-refractivity contribution >= 4 is 30.4 Å². The summed E-state index contributed by atoms with van der Waals surface area (Å²) in [6.45, 7) is 2.73. The van der Waals surface area contributed by atoms with E-state index in [2.05, 4.69) is 4.52 Å². The molecule has 17 heteroatoms. The van der Waals surface area contributed by atoms with Crippen molar-refractivity contribution in [3.8, 4) is 0 Å². The summed E-state index contributed by atoms with van der Waals surface area (Å²) in [5, 5.41) is 2.50. The number of aliphatic hydroxyl groups is 1. The van der Waals surface area contributed by atoms with E-state index in [9.17, 15) is 57.6 Å². The second-order valence-electron chi connectivity index (χ2n) is 5.61. The van der Waals surface area contributed by atoms with Crippen molar-refractivity contribution in [2.24, 2.45) is 0 Å². The predicted molar refractivity (Wildman–Crippen MR) is 89.2 cm³/mol. The lowest BCUT2D eigenvalue weighted by Crippen LogP contribution is -2.37. The average Bonchev–Trinajstić information content (AvgIpc) is 2.39.